The molecule has 5 atom stereocenters. The molecule has 0 radical (unpaired) electrons. The first kappa shape index (κ1) is 87.0. The lowest BCUT2D eigenvalue weighted by Crippen LogP contribution is -2.47. The van der Waals surface area contributed by atoms with Gasteiger partial charge in [-0.1, -0.05) is 244 Å². The Morgan fingerprint density at radius 1 is 0.727 bits per heavy atom. The number of unbranched alkanes of at least 4 members (excludes halogenated alkanes) is 6. The van der Waals surface area contributed by atoms with E-state index < -0.39 is 22.5 Å². The van der Waals surface area contributed by atoms with Gasteiger partial charge < -0.3 is 30.9 Å². The lowest BCUT2D eigenvalue weighted by molar-refractivity contribution is -0.126. The maximum atomic E-state index is 14.5. The van der Waals surface area contributed by atoms with E-state index in [4.69, 9.17) is 4.74 Å². The third kappa shape index (κ3) is 24.0. The van der Waals surface area contributed by atoms with Crippen molar-refractivity contribution < 1.29 is 33.1 Å². The first-order valence-corrected chi connectivity index (χ1v) is 39.2. The maximum Gasteiger partial charge on any atom is 0.256 e. The number of benzene rings is 4. The molecule has 0 bridgehead atoms. The van der Waals surface area contributed by atoms with Gasteiger partial charge in [0.2, 0.25) is 11.8 Å². The molecule has 4 amide bonds. The summed E-state index contributed by atoms with van der Waals surface area (Å²) in [6.45, 7) is 38.2. The number of hydrogen-bond donors (Lipinski definition) is 4. The molecule has 546 valence electrons. The van der Waals surface area contributed by atoms with Gasteiger partial charge in [0.15, 0.2) is 5.78 Å². The summed E-state index contributed by atoms with van der Waals surface area (Å²) in [4.78, 5) is 70.1. The first-order chi connectivity index (χ1) is 47.1. The molecule has 15 heteroatoms. The molecule has 1 saturated carbocycles. The number of halogens is 1. The van der Waals surface area contributed by atoms with E-state index in [-0.39, 0.29) is 54.6 Å². The second-order valence-electron chi connectivity index (χ2n) is 26.5. The number of carbonyl (C=O) groups is 5. The minimum atomic E-state index is -1.51. The highest BCUT2D eigenvalue weighted by atomic mass is 32.2. The second kappa shape index (κ2) is 43.6. The van der Waals surface area contributed by atoms with Crippen molar-refractivity contribution >= 4 is 61.8 Å². The van der Waals surface area contributed by atoms with Crippen LogP contribution in [0, 0.1) is 11.8 Å². The number of rotatable bonds is 33. The highest BCUT2D eigenvalue weighted by Gasteiger charge is 2.50. The van der Waals surface area contributed by atoms with Gasteiger partial charge in [-0.2, -0.15) is 0 Å². The molecule has 11 nitrogen and oxygen atoms in total. The number of alkyl halides is 1. The number of nitrogens with one attached hydrogen (secondary N) is 4. The Morgan fingerprint density at radius 2 is 1.20 bits per heavy atom. The van der Waals surface area contributed by atoms with Gasteiger partial charge in [0.25, 0.3) is 11.8 Å². The third-order valence-electron chi connectivity index (χ3n) is 18.2. The van der Waals surface area contributed by atoms with Crippen molar-refractivity contribution in [3.8, 4) is 28.0 Å². The van der Waals surface area contributed by atoms with Gasteiger partial charge in [-0.15, -0.1) is 38.9 Å². The van der Waals surface area contributed by atoms with Crippen LogP contribution in [0.4, 0.5) is 4.39 Å². The van der Waals surface area contributed by atoms with Crippen LogP contribution in [0.1, 0.15) is 233 Å². The molecule has 9 rings (SSSR count). The van der Waals surface area contributed by atoms with Gasteiger partial charge in [0.1, 0.15) is 22.2 Å². The summed E-state index contributed by atoms with van der Waals surface area (Å²) in [5, 5.41) is 16.1. The van der Waals surface area contributed by atoms with Gasteiger partial charge >= 0.3 is 0 Å². The monoisotopic (exact) mass is 1410 g/mol. The number of methoxy groups -OCH3 is 1. The number of fused-ring (bicyclic) bond motifs is 6. The van der Waals surface area contributed by atoms with Crippen LogP contribution >= 0.6 is 32.3 Å². The highest BCUT2D eigenvalue weighted by Crippen LogP contribution is 2.53. The Balaban J connectivity index is 0.000000472. The number of ketones is 1. The summed E-state index contributed by atoms with van der Waals surface area (Å²) in [6.07, 6.45) is 17.5. The molecule has 0 spiro atoms. The fourth-order valence-corrected chi connectivity index (χ4v) is 15.0. The van der Waals surface area contributed by atoms with Crippen LogP contribution in [0.15, 0.2) is 144 Å². The van der Waals surface area contributed by atoms with Gasteiger partial charge in [0.05, 0.1) is 25.3 Å². The number of amides is 4. The summed E-state index contributed by atoms with van der Waals surface area (Å²) < 4.78 is 19.8. The zero-order valence-electron chi connectivity index (χ0n) is 62.3. The molecule has 1 saturated heterocycles. The van der Waals surface area contributed by atoms with E-state index in [1.807, 2.05) is 109 Å². The summed E-state index contributed by atoms with van der Waals surface area (Å²) in [7, 11) is 4.43. The molecule has 4 N–H and O–H groups in total. The maximum absolute atomic E-state index is 14.5. The van der Waals surface area contributed by atoms with Crippen LogP contribution < -0.4 is 26.0 Å². The van der Waals surface area contributed by atoms with E-state index in [1.54, 1.807) is 25.8 Å². The zero-order chi connectivity index (χ0) is 72.6. The molecule has 99 heavy (non-hydrogen) atoms. The van der Waals surface area contributed by atoms with Crippen molar-refractivity contribution in [1.82, 2.24) is 26.2 Å². The molecule has 5 unspecified atom stereocenters. The summed E-state index contributed by atoms with van der Waals surface area (Å²) >= 11 is 3.08. The molecule has 5 aromatic rings. The Kier molecular flexibility index (Phi) is 38.3. The van der Waals surface area contributed by atoms with Crippen molar-refractivity contribution in [2.24, 2.45) is 11.8 Å². The van der Waals surface area contributed by atoms with Crippen LogP contribution in [0.25, 0.3) is 22.3 Å². The first-order valence-electron chi connectivity index (χ1n) is 36.7. The molecular weight excluding hydrogens is 1290 g/mol. The van der Waals surface area contributed by atoms with E-state index in [0.717, 1.165) is 147 Å². The minimum Gasteiger partial charge on any atom is -0.495 e. The molecule has 1 aliphatic heterocycles. The molecular formula is C84H125FN5O6PS2. The molecule has 4 aliphatic rings. The number of hydrogen-bond acceptors (Lipinski definition) is 9. The smallest absolute Gasteiger partial charge is 0.256 e. The summed E-state index contributed by atoms with van der Waals surface area (Å²) in [5.74, 6) is 2.06. The standard InChI is InChI=1S/C43H57FN2O3S.C32H40N3O3PS.4C2H6.CH4/c1-7-19-32-27-33(32)28-36(31(4)50-26-8-2)40(48)46-39(30(3)47)24-13-11-9-10-12-18-25-43(41(49)45-29-42(5,6)44)37-22-16-14-20-34(37)35-21-15-17-23-38(35)43;1-31(2,39)21-33-30(37)32(26-12-6-4-10-23(26)24-11-5-7-13-27(24)32)15-8-9-16-35-17-14-22(18-35)34-29(36)25-19-40-20-28(25)38-3;4*1-2;/h7,14-17,20-23,28,32-33,39H,1,4,8-13,18-19,24-27,29H2,2-3,5-6H3,(H,45,49)(H,46,48);4-7,10-13,19-20,22H,8-9,14-18,21,39H2,1-3H3,(H,33,37)(H,34,36);4*1-2H3;1H4/b36-28+;;;;;;. The van der Waals surface area contributed by atoms with E-state index in [9.17, 15) is 28.4 Å². The van der Waals surface area contributed by atoms with Gasteiger partial charge in [0, 0.05) is 46.9 Å². The predicted molar refractivity (Wildman–Crippen MR) is 425 cm³/mol. The predicted octanol–water partition coefficient (Wildman–Crippen LogP) is 20.0. The number of carbonyl (C=O) groups excluding carboxylic acids is 5. The van der Waals surface area contributed by atoms with Gasteiger partial charge in [-0.25, -0.2) is 4.39 Å². The molecule has 1 aromatic heterocycles. The van der Waals surface area contributed by atoms with Crippen LogP contribution in [0.3, 0.4) is 0 Å². The van der Waals surface area contributed by atoms with Crippen LogP contribution in [0.5, 0.6) is 5.75 Å². The molecule has 3 aliphatic carbocycles. The van der Waals surface area contributed by atoms with Crippen molar-refractivity contribution in [3.63, 3.8) is 0 Å². The van der Waals surface area contributed by atoms with Gasteiger partial charge in [-0.05, 0) is 146 Å². The number of allylic oxidation sites excluding steroid dienone is 2. The lowest BCUT2D eigenvalue weighted by atomic mass is 9.73. The molecule has 2 fully saturated rings. The van der Waals surface area contributed by atoms with Crippen molar-refractivity contribution in [3.05, 3.63) is 171 Å². The van der Waals surface area contributed by atoms with E-state index >= 15 is 0 Å². The van der Waals surface area contributed by atoms with Crippen molar-refractivity contribution in [2.45, 2.75) is 234 Å². The number of nitrogens with zero attached hydrogens (tertiary/aromatic N) is 1. The van der Waals surface area contributed by atoms with Crippen molar-refractivity contribution in [1.29, 1.82) is 0 Å². The quantitative estimate of drug-likeness (QED) is 0.0107. The summed E-state index contributed by atoms with van der Waals surface area (Å²) in [6, 6.07) is 32.6. The van der Waals surface area contributed by atoms with E-state index in [2.05, 4.69) is 136 Å². The minimum absolute atomic E-state index is 0. The van der Waals surface area contributed by atoms with E-state index in [0.29, 0.717) is 48.1 Å². The zero-order valence-corrected chi connectivity index (χ0v) is 65.1. The highest BCUT2D eigenvalue weighted by molar-refractivity contribution is 8.03. The number of likely N-dealkylation sites (tertiary alicyclic amines) is 1. The fraction of sp³-hybridized carbons (Fsp3) is 0.536. The average molecular weight is 1420 g/mol. The third-order valence-corrected chi connectivity index (χ3v) is 20.3. The SMILES string of the molecule is C.C=CCC1CC1/C=C(\C(=C)SCCC)C(=O)NC(CCCCCCCCC1(C(=O)NCC(C)(C)F)c2ccccc2-c2ccccc21)C(C)=O.CC.CC.CC.CC.COc1cscc1C(=O)NC1CCN(CCCCC2(C(=O)NCC(C)(C)P)c3ccccc3-c3ccccc32)C1. The van der Waals surface area contributed by atoms with Crippen LogP contribution in [0.2, 0.25) is 0 Å². The van der Waals surface area contributed by atoms with Crippen LogP contribution in [-0.4, -0.2) is 103 Å². The fourth-order valence-electron chi connectivity index (χ4n) is 13.4. The largest absolute Gasteiger partial charge is 0.495 e. The van der Waals surface area contributed by atoms with E-state index in [1.165, 1.54) is 36.3 Å². The number of thiophene rings is 1. The number of Topliss-reactive ketones (excluding diaryl/α,β-unsaturated/α-hetero) is 1. The van der Waals surface area contributed by atoms with Crippen LogP contribution in [-0.2, 0) is 30.0 Å². The topological polar surface area (TPSA) is 146 Å². The number of thioether (sulfide) groups is 1. The van der Waals surface area contributed by atoms with Crippen molar-refractivity contribution in [2.75, 3.05) is 45.6 Å². The summed E-state index contributed by atoms with van der Waals surface area (Å²) in [5.41, 5.74) is 6.85. The Bertz CT molecular complexity index is 3270. The Morgan fingerprint density at radius 3 is 1.67 bits per heavy atom. The van der Waals surface area contributed by atoms with Gasteiger partial charge in [-0.3, -0.25) is 24.0 Å². The number of ether oxygens (including phenoxy) is 1. The average Bonchev–Trinajstić information content (AvgIpc) is 1.58. The Labute approximate surface area is 608 Å². The molecule has 2 heterocycles. The Hall–Kier alpha value is -6.18. The second-order valence-corrected chi connectivity index (χ2v) is 30.0. The molecule has 4 aromatic carbocycles. The lowest BCUT2D eigenvalue weighted by Gasteiger charge is -2.32. The normalized spacial score (nSPS) is 16.5.